The number of aryl methyl sites for hydroxylation is 1. The fourth-order valence-corrected chi connectivity index (χ4v) is 2.34. The summed E-state index contributed by atoms with van der Waals surface area (Å²) in [5.74, 6) is 1.68. The molecule has 4 nitrogen and oxygen atoms in total. The molecule has 0 radical (unpaired) electrons. The molecular weight excluding hydrogens is 330 g/mol. The van der Waals surface area contributed by atoms with Gasteiger partial charge < -0.3 is 4.74 Å². The van der Waals surface area contributed by atoms with E-state index in [9.17, 15) is 0 Å². The molecule has 0 aliphatic carbocycles. The molecule has 0 saturated carbocycles. The highest BCUT2D eigenvalue weighted by molar-refractivity contribution is 9.10. The topological polar surface area (TPSA) is 39.9 Å². The van der Waals surface area contributed by atoms with E-state index in [1.165, 1.54) is 0 Å². The fourth-order valence-electron chi connectivity index (χ4n) is 2.12. The van der Waals surface area contributed by atoms with E-state index in [0.717, 1.165) is 33.0 Å². The van der Waals surface area contributed by atoms with Gasteiger partial charge in [0.05, 0.1) is 24.7 Å². The van der Waals surface area contributed by atoms with Crippen LogP contribution in [-0.2, 0) is 0 Å². The van der Waals surface area contributed by atoms with Gasteiger partial charge in [-0.25, -0.2) is 9.97 Å². The van der Waals surface area contributed by atoms with Crippen molar-refractivity contribution in [3.05, 3.63) is 59.1 Å². The number of rotatable bonds is 3. The van der Waals surface area contributed by atoms with Crippen LogP contribution in [0.15, 0.2) is 53.4 Å². The Labute approximate surface area is 131 Å². The van der Waals surface area contributed by atoms with Gasteiger partial charge in [0.15, 0.2) is 0 Å². The van der Waals surface area contributed by atoms with E-state index < -0.39 is 0 Å². The number of hydrogen-bond donors (Lipinski definition) is 0. The van der Waals surface area contributed by atoms with Crippen molar-refractivity contribution < 1.29 is 4.74 Å². The monoisotopic (exact) mass is 343 g/mol. The standard InChI is InChI=1S/C16H14BrN3O/c1-11-14(17)7-8-16(19-11)20-10-18-9-15(20)12-3-5-13(21-2)6-4-12/h3-10H,1-2H3. The lowest BCUT2D eigenvalue weighted by Crippen LogP contribution is -1.99. The van der Waals surface area contributed by atoms with Crippen molar-refractivity contribution in [2.45, 2.75) is 6.92 Å². The first kappa shape index (κ1) is 13.8. The molecule has 0 spiro atoms. The zero-order valence-electron chi connectivity index (χ0n) is 11.7. The van der Waals surface area contributed by atoms with Crippen LogP contribution in [0.3, 0.4) is 0 Å². The average molecular weight is 344 g/mol. The molecule has 2 aromatic heterocycles. The molecule has 0 fully saturated rings. The summed E-state index contributed by atoms with van der Waals surface area (Å²) in [6, 6.07) is 11.9. The minimum atomic E-state index is 0.836. The van der Waals surface area contributed by atoms with Crippen molar-refractivity contribution in [3.63, 3.8) is 0 Å². The molecule has 3 rings (SSSR count). The first-order valence-electron chi connectivity index (χ1n) is 6.49. The van der Waals surface area contributed by atoms with Crippen LogP contribution in [0.2, 0.25) is 0 Å². The van der Waals surface area contributed by atoms with Gasteiger partial charge in [-0.1, -0.05) is 0 Å². The van der Waals surface area contributed by atoms with Gasteiger partial charge in [-0.05, 0) is 59.3 Å². The highest BCUT2D eigenvalue weighted by Crippen LogP contribution is 2.25. The van der Waals surface area contributed by atoms with Crippen LogP contribution in [0.5, 0.6) is 5.75 Å². The number of hydrogen-bond acceptors (Lipinski definition) is 3. The van der Waals surface area contributed by atoms with Crippen molar-refractivity contribution in [2.75, 3.05) is 7.11 Å². The van der Waals surface area contributed by atoms with Crippen LogP contribution in [-0.4, -0.2) is 21.6 Å². The Hall–Kier alpha value is -2.14. The lowest BCUT2D eigenvalue weighted by atomic mass is 10.1. The van der Waals surface area contributed by atoms with Crippen molar-refractivity contribution in [3.8, 4) is 22.8 Å². The van der Waals surface area contributed by atoms with Crippen LogP contribution in [0.4, 0.5) is 0 Å². The molecule has 106 valence electrons. The highest BCUT2D eigenvalue weighted by atomic mass is 79.9. The molecule has 0 atom stereocenters. The predicted molar refractivity (Wildman–Crippen MR) is 85.8 cm³/mol. The number of imidazole rings is 1. The number of halogens is 1. The molecule has 0 amide bonds. The van der Waals surface area contributed by atoms with Gasteiger partial charge in [0.1, 0.15) is 17.9 Å². The Balaban J connectivity index is 2.05. The van der Waals surface area contributed by atoms with Gasteiger partial charge >= 0.3 is 0 Å². The summed E-state index contributed by atoms with van der Waals surface area (Å²) in [6.45, 7) is 1.97. The molecule has 2 heterocycles. The molecular formula is C16H14BrN3O. The van der Waals surface area contributed by atoms with E-state index in [2.05, 4.69) is 25.9 Å². The van der Waals surface area contributed by atoms with E-state index in [4.69, 9.17) is 4.74 Å². The zero-order chi connectivity index (χ0) is 14.8. The summed E-state index contributed by atoms with van der Waals surface area (Å²) in [4.78, 5) is 8.84. The molecule has 3 aromatic rings. The molecule has 0 saturated heterocycles. The average Bonchev–Trinajstić information content (AvgIpc) is 2.99. The fraction of sp³-hybridized carbons (Fsp3) is 0.125. The first-order valence-corrected chi connectivity index (χ1v) is 7.28. The van der Waals surface area contributed by atoms with Crippen LogP contribution >= 0.6 is 15.9 Å². The number of benzene rings is 1. The zero-order valence-corrected chi connectivity index (χ0v) is 13.3. The normalized spacial score (nSPS) is 10.6. The number of aromatic nitrogens is 3. The summed E-state index contributed by atoms with van der Waals surface area (Å²) in [7, 11) is 1.66. The molecule has 0 aliphatic heterocycles. The maximum absolute atomic E-state index is 5.19. The van der Waals surface area contributed by atoms with Crippen LogP contribution in [0, 0.1) is 6.92 Å². The maximum Gasteiger partial charge on any atom is 0.138 e. The summed E-state index contributed by atoms with van der Waals surface area (Å²) < 4.78 is 8.16. The molecule has 1 aromatic carbocycles. The molecule has 0 N–H and O–H groups in total. The third-order valence-corrected chi connectivity index (χ3v) is 4.12. The van der Waals surface area contributed by atoms with Crippen molar-refractivity contribution in [1.29, 1.82) is 0 Å². The van der Waals surface area contributed by atoms with Crippen molar-refractivity contribution >= 4 is 15.9 Å². The maximum atomic E-state index is 5.19. The Morgan fingerprint density at radius 2 is 1.86 bits per heavy atom. The number of pyridine rings is 1. The van der Waals surface area contributed by atoms with Gasteiger partial charge in [-0.3, -0.25) is 4.57 Å². The SMILES string of the molecule is COc1ccc(-c2cncn2-c2ccc(Br)c(C)n2)cc1. The summed E-state index contributed by atoms with van der Waals surface area (Å²) in [6.07, 6.45) is 3.61. The minimum Gasteiger partial charge on any atom is -0.497 e. The van der Waals surface area contributed by atoms with Gasteiger partial charge in [0.2, 0.25) is 0 Å². The summed E-state index contributed by atoms with van der Waals surface area (Å²) >= 11 is 3.47. The van der Waals surface area contributed by atoms with Gasteiger partial charge in [0.25, 0.3) is 0 Å². The van der Waals surface area contributed by atoms with Crippen molar-refractivity contribution in [1.82, 2.24) is 14.5 Å². The second-order valence-corrected chi connectivity index (χ2v) is 5.47. The molecule has 0 bridgehead atoms. The predicted octanol–water partition coefficient (Wildman–Crippen LogP) is 4.01. The molecule has 0 unspecified atom stereocenters. The van der Waals surface area contributed by atoms with Crippen LogP contribution < -0.4 is 4.74 Å². The van der Waals surface area contributed by atoms with Gasteiger partial charge in [0, 0.05) is 10.0 Å². The lowest BCUT2D eigenvalue weighted by Gasteiger charge is -2.09. The molecule has 0 aliphatic rings. The Morgan fingerprint density at radius 1 is 1.10 bits per heavy atom. The lowest BCUT2D eigenvalue weighted by molar-refractivity contribution is 0.415. The minimum absolute atomic E-state index is 0.836. The largest absolute Gasteiger partial charge is 0.497 e. The molecule has 21 heavy (non-hydrogen) atoms. The second kappa shape index (κ2) is 5.69. The first-order chi connectivity index (χ1) is 10.2. The van der Waals surface area contributed by atoms with Gasteiger partial charge in [-0.2, -0.15) is 0 Å². The number of nitrogens with zero attached hydrogens (tertiary/aromatic N) is 3. The third kappa shape index (κ3) is 2.69. The Bertz CT molecular complexity index is 765. The number of methoxy groups -OCH3 is 1. The van der Waals surface area contributed by atoms with Crippen LogP contribution in [0.25, 0.3) is 17.1 Å². The summed E-state index contributed by atoms with van der Waals surface area (Å²) in [5.41, 5.74) is 3.00. The smallest absolute Gasteiger partial charge is 0.138 e. The highest BCUT2D eigenvalue weighted by Gasteiger charge is 2.09. The Kier molecular flexibility index (Phi) is 3.75. The quantitative estimate of drug-likeness (QED) is 0.721. The number of ether oxygens (including phenoxy) is 1. The van der Waals surface area contributed by atoms with E-state index in [1.54, 1.807) is 13.4 Å². The second-order valence-electron chi connectivity index (χ2n) is 4.61. The summed E-state index contributed by atoms with van der Waals surface area (Å²) in [5, 5.41) is 0. The van der Waals surface area contributed by atoms with Gasteiger partial charge in [-0.15, -0.1) is 0 Å². The third-order valence-electron chi connectivity index (χ3n) is 3.28. The van der Waals surface area contributed by atoms with Crippen LogP contribution in [0.1, 0.15) is 5.69 Å². The van der Waals surface area contributed by atoms with E-state index in [1.807, 2.05) is 54.1 Å². The Morgan fingerprint density at radius 3 is 2.52 bits per heavy atom. The van der Waals surface area contributed by atoms with E-state index in [0.29, 0.717) is 0 Å². The van der Waals surface area contributed by atoms with Crippen molar-refractivity contribution in [2.24, 2.45) is 0 Å². The van der Waals surface area contributed by atoms with E-state index >= 15 is 0 Å². The molecule has 5 heteroatoms. The van der Waals surface area contributed by atoms with E-state index in [-0.39, 0.29) is 0 Å².